The molecule has 19 heavy (non-hydrogen) atoms. The van der Waals surface area contributed by atoms with E-state index in [-0.39, 0.29) is 6.04 Å². The topological polar surface area (TPSA) is 44.5 Å². The van der Waals surface area contributed by atoms with E-state index in [0.717, 1.165) is 29.9 Å². The van der Waals surface area contributed by atoms with Crippen LogP contribution in [0.2, 0.25) is 0 Å². The molecule has 0 spiro atoms. The average Bonchev–Trinajstić information content (AvgIpc) is 2.67. The Bertz CT molecular complexity index is 396. The molecule has 1 saturated carbocycles. The van der Waals surface area contributed by atoms with Gasteiger partial charge in [-0.15, -0.1) is 0 Å². The number of methoxy groups -OCH3 is 1. The maximum atomic E-state index is 6.21. The molecule has 0 radical (unpaired) electrons. The van der Waals surface area contributed by atoms with Crippen molar-refractivity contribution in [1.82, 2.24) is 0 Å². The first-order valence-corrected chi connectivity index (χ1v) is 7.31. The van der Waals surface area contributed by atoms with E-state index < -0.39 is 0 Å². The van der Waals surface area contributed by atoms with Crippen molar-refractivity contribution < 1.29 is 9.47 Å². The second-order valence-electron chi connectivity index (χ2n) is 5.42. The van der Waals surface area contributed by atoms with Crippen molar-refractivity contribution in [3.05, 3.63) is 23.8 Å². The average molecular weight is 263 g/mol. The van der Waals surface area contributed by atoms with Gasteiger partial charge < -0.3 is 15.2 Å². The first-order chi connectivity index (χ1) is 9.20. The largest absolute Gasteiger partial charge is 0.497 e. The highest BCUT2D eigenvalue weighted by Gasteiger charge is 2.17. The maximum absolute atomic E-state index is 6.21. The molecule has 0 heterocycles. The van der Waals surface area contributed by atoms with Crippen LogP contribution in [0, 0.1) is 0 Å². The van der Waals surface area contributed by atoms with Gasteiger partial charge in [0.15, 0.2) is 0 Å². The van der Waals surface area contributed by atoms with E-state index in [9.17, 15) is 0 Å². The normalized spacial score (nSPS) is 18.7. The lowest BCUT2D eigenvalue weighted by Gasteiger charge is -2.21. The van der Waals surface area contributed by atoms with Crippen molar-refractivity contribution in [3.63, 3.8) is 0 Å². The lowest BCUT2D eigenvalue weighted by molar-refractivity contribution is 0.180. The van der Waals surface area contributed by atoms with Crippen LogP contribution in [-0.2, 0) is 0 Å². The molecule has 0 bridgehead atoms. The minimum Gasteiger partial charge on any atom is -0.497 e. The Balaban J connectivity index is 2.16. The first kappa shape index (κ1) is 14.2. The first-order valence-electron chi connectivity index (χ1n) is 7.31. The van der Waals surface area contributed by atoms with Crippen molar-refractivity contribution in [2.24, 2.45) is 5.73 Å². The molecule has 2 rings (SSSR count). The van der Waals surface area contributed by atoms with Crippen LogP contribution in [0.25, 0.3) is 0 Å². The highest BCUT2D eigenvalue weighted by Crippen LogP contribution is 2.31. The van der Waals surface area contributed by atoms with Gasteiger partial charge in [-0.2, -0.15) is 0 Å². The summed E-state index contributed by atoms with van der Waals surface area (Å²) in [5.41, 5.74) is 7.08. The van der Waals surface area contributed by atoms with Crippen molar-refractivity contribution in [2.45, 2.75) is 57.6 Å². The predicted molar refractivity (Wildman–Crippen MR) is 77.7 cm³/mol. The third kappa shape index (κ3) is 3.87. The maximum Gasteiger partial charge on any atom is 0.128 e. The molecule has 3 heteroatoms. The highest BCUT2D eigenvalue weighted by atomic mass is 16.5. The van der Waals surface area contributed by atoms with Crippen LogP contribution in [0.1, 0.15) is 57.1 Å². The molecule has 1 atom stereocenters. The number of hydrogen-bond donors (Lipinski definition) is 1. The summed E-state index contributed by atoms with van der Waals surface area (Å²) < 4.78 is 11.5. The van der Waals surface area contributed by atoms with Gasteiger partial charge in [-0.05, 0) is 38.7 Å². The molecule has 0 saturated heterocycles. The number of hydrogen-bond acceptors (Lipinski definition) is 3. The summed E-state index contributed by atoms with van der Waals surface area (Å²) >= 11 is 0. The Morgan fingerprint density at radius 1 is 1.16 bits per heavy atom. The minimum absolute atomic E-state index is 0.0216. The fraction of sp³-hybridized carbons (Fsp3) is 0.625. The number of benzene rings is 1. The predicted octanol–water partition coefficient (Wildman–Crippen LogP) is 3.82. The van der Waals surface area contributed by atoms with Crippen molar-refractivity contribution in [3.8, 4) is 11.5 Å². The summed E-state index contributed by atoms with van der Waals surface area (Å²) in [6, 6.07) is 5.89. The smallest absolute Gasteiger partial charge is 0.128 e. The van der Waals surface area contributed by atoms with E-state index in [4.69, 9.17) is 15.2 Å². The number of nitrogens with two attached hydrogens (primary N) is 1. The van der Waals surface area contributed by atoms with Crippen LogP contribution < -0.4 is 15.2 Å². The summed E-state index contributed by atoms with van der Waals surface area (Å²) in [7, 11) is 1.68. The molecule has 0 unspecified atom stereocenters. The van der Waals surface area contributed by atoms with Gasteiger partial charge in [0.25, 0.3) is 0 Å². The fourth-order valence-electron chi connectivity index (χ4n) is 2.66. The van der Waals surface area contributed by atoms with Crippen LogP contribution in [0.5, 0.6) is 11.5 Å². The number of ether oxygens (including phenoxy) is 2. The van der Waals surface area contributed by atoms with Crippen molar-refractivity contribution in [2.75, 3.05) is 7.11 Å². The minimum atomic E-state index is -0.0216. The molecule has 2 N–H and O–H groups in total. The molecule has 1 aromatic rings. The summed E-state index contributed by atoms with van der Waals surface area (Å²) in [4.78, 5) is 0. The van der Waals surface area contributed by atoms with Gasteiger partial charge >= 0.3 is 0 Å². The molecular weight excluding hydrogens is 238 g/mol. The van der Waals surface area contributed by atoms with Crippen molar-refractivity contribution in [1.29, 1.82) is 0 Å². The van der Waals surface area contributed by atoms with Gasteiger partial charge in [-0.1, -0.05) is 18.9 Å². The highest BCUT2D eigenvalue weighted by molar-refractivity contribution is 5.42. The van der Waals surface area contributed by atoms with E-state index in [0.29, 0.717) is 6.10 Å². The van der Waals surface area contributed by atoms with E-state index in [1.54, 1.807) is 7.11 Å². The molecule has 1 aliphatic rings. The molecular formula is C16H25NO2. The summed E-state index contributed by atoms with van der Waals surface area (Å²) in [5, 5.41) is 0. The van der Waals surface area contributed by atoms with Crippen LogP contribution in [0.15, 0.2) is 18.2 Å². The summed E-state index contributed by atoms with van der Waals surface area (Å²) in [5.74, 6) is 1.72. The zero-order chi connectivity index (χ0) is 13.7. The van der Waals surface area contributed by atoms with E-state index in [2.05, 4.69) is 0 Å². The molecule has 3 nitrogen and oxygen atoms in total. The Morgan fingerprint density at radius 2 is 1.84 bits per heavy atom. The van der Waals surface area contributed by atoms with Gasteiger partial charge in [-0.25, -0.2) is 0 Å². The summed E-state index contributed by atoms with van der Waals surface area (Å²) in [6.45, 7) is 1.99. The molecule has 0 aromatic heterocycles. The molecule has 1 aliphatic carbocycles. The third-order valence-electron chi connectivity index (χ3n) is 3.81. The van der Waals surface area contributed by atoms with E-state index in [1.807, 2.05) is 25.1 Å². The van der Waals surface area contributed by atoms with Gasteiger partial charge in [0.1, 0.15) is 11.5 Å². The standard InChI is InChI=1S/C16H25NO2/c1-12(17)15-10-9-14(18-2)11-16(15)19-13-7-5-3-4-6-8-13/h9-13H,3-8,17H2,1-2H3/t12-/m1/s1. The lowest BCUT2D eigenvalue weighted by atomic mass is 10.1. The summed E-state index contributed by atoms with van der Waals surface area (Å²) in [6.07, 6.45) is 7.82. The SMILES string of the molecule is COc1ccc([C@@H](C)N)c(OC2CCCCCC2)c1. The number of rotatable bonds is 4. The Morgan fingerprint density at radius 3 is 2.42 bits per heavy atom. The Hall–Kier alpha value is -1.22. The van der Waals surface area contributed by atoms with Crippen LogP contribution >= 0.6 is 0 Å². The second kappa shape index (κ2) is 6.80. The van der Waals surface area contributed by atoms with Crippen molar-refractivity contribution >= 4 is 0 Å². The van der Waals surface area contributed by atoms with Crippen LogP contribution in [-0.4, -0.2) is 13.2 Å². The van der Waals surface area contributed by atoms with Crippen LogP contribution in [0.4, 0.5) is 0 Å². The molecule has 0 aliphatic heterocycles. The molecule has 106 valence electrons. The van der Waals surface area contributed by atoms with E-state index >= 15 is 0 Å². The quantitative estimate of drug-likeness (QED) is 0.840. The van der Waals surface area contributed by atoms with Crippen LogP contribution in [0.3, 0.4) is 0 Å². The Labute approximate surface area is 116 Å². The molecule has 1 aromatic carbocycles. The second-order valence-corrected chi connectivity index (χ2v) is 5.42. The zero-order valence-electron chi connectivity index (χ0n) is 12.0. The third-order valence-corrected chi connectivity index (χ3v) is 3.81. The zero-order valence-corrected chi connectivity index (χ0v) is 12.0. The Kier molecular flexibility index (Phi) is 5.08. The van der Waals surface area contributed by atoms with Gasteiger partial charge in [0.05, 0.1) is 13.2 Å². The monoisotopic (exact) mass is 263 g/mol. The van der Waals surface area contributed by atoms with E-state index in [1.165, 1.54) is 25.7 Å². The molecule has 1 fully saturated rings. The molecule has 0 amide bonds. The fourth-order valence-corrected chi connectivity index (χ4v) is 2.66. The van der Waals surface area contributed by atoms with Gasteiger partial charge in [0.2, 0.25) is 0 Å². The lowest BCUT2D eigenvalue weighted by Crippen LogP contribution is -2.17. The van der Waals surface area contributed by atoms with Gasteiger partial charge in [-0.3, -0.25) is 0 Å². The van der Waals surface area contributed by atoms with Gasteiger partial charge in [0, 0.05) is 17.7 Å².